The van der Waals surface area contributed by atoms with Crippen molar-refractivity contribution in [3.8, 4) is 5.75 Å². The van der Waals surface area contributed by atoms with Crippen LogP contribution in [-0.2, 0) is 4.79 Å². The summed E-state index contributed by atoms with van der Waals surface area (Å²) in [6.45, 7) is 0. The van der Waals surface area contributed by atoms with Gasteiger partial charge in [0.05, 0.1) is 17.3 Å². The van der Waals surface area contributed by atoms with Crippen molar-refractivity contribution >= 4 is 54.6 Å². The Kier molecular flexibility index (Phi) is 4.73. The summed E-state index contributed by atoms with van der Waals surface area (Å²) in [4.78, 5) is 16.4. The van der Waals surface area contributed by atoms with E-state index in [1.165, 1.54) is 17.4 Å². The van der Waals surface area contributed by atoms with Crippen LogP contribution in [0, 0.1) is 0 Å². The molecule has 0 aliphatic heterocycles. The number of hydrogen-bond donors (Lipinski definition) is 1. The molecule has 1 aromatic heterocycles. The maximum atomic E-state index is 12.1. The maximum Gasteiger partial charge on any atom is 0.250 e. The van der Waals surface area contributed by atoms with Gasteiger partial charge in [0.15, 0.2) is 5.13 Å². The molecule has 0 spiro atoms. The Bertz CT molecular complexity index is 856. The molecular weight excluding hydrogens is 376 g/mol. The average molecular weight is 389 g/mol. The molecule has 3 aromatic rings. The van der Waals surface area contributed by atoms with Crippen LogP contribution in [0.25, 0.3) is 16.3 Å². The molecule has 1 heterocycles. The van der Waals surface area contributed by atoms with Crippen molar-refractivity contribution in [2.45, 2.75) is 0 Å². The van der Waals surface area contributed by atoms with E-state index in [1.54, 1.807) is 13.2 Å². The third-order valence-corrected chi connectivity index (χ3v) is 4.58. The van der Waals surface area contributed by atoms with Crippen molar-refractivity contribution in [2.24, 2.45) is 0 Å². The monoisotopic (exact) mass is 388 g/mol. The number of anilines is 1. The molecule has 0 saturated heterocycles. The molecule has 0 aliphatic rings. The average Bonchev–Trinajstić information content (AvgIpc) is 2.95. The maximum absolute atomic E-state index is 12.1. The first-order chi connectivity index (χ1) is 11.2. The summed E-state index contributed by atoms with van der Waals surface area (Å²) in [6.07, 6.45) is 3.18. The highest BCUT2D eigenvalue weighted by atomic mass is 79.9. The number of fused-ring (bicyclic) bond motifs is 1. The van der Waals surface area contributed by atoms with Gasteiger partial charge in [-0.15, -0.1) is 0 Å². The van der Waals surface area contributed by atoms with Gasteiger partial charge < -0.3 is 4.74 Å². The molecule has 3 rings (SSSR count). The van der Waals surface area contributed by atoms with Crippen molar-refractivity contribution in [1.29, 1.82) is 0 Å². The largest absolute Gasteiger partial charge is 0.496 e. The first-order valence-electron chi connectivity index (χ1n) is 6.84. The van der Waals surface area contributed by atoms with Gasteiger partial charge in [-0.05, 0) is 36.4 Å². The zero-order chi connectivity index (χ0) is 16.2. The second-order valence-corrected chi connectivity index (χ2v) is 6.64. The van der Waals surface area contributed by atoms with Gasteiger partial charge in [-0.25, -0.2) is 4.98 Å². The number of rotatable bonds is 4. The molecule has 0 atom stereocenters. The summed E-state index contributed by atoms with van der Waals surface area (Å²) in [7, 11) is 1.60. The molecule has 0 unspecified atom stereocenters. The molecule has 23 heavy (non-hydrogen) atoms. The van der Waals surface area contributed by atoms with Gasteiger partial charge in [0.1, 0.15) is 5.75 Å². The van der Waals surface area contributed by atoms with Crippen molar-refractivity contribution < 1.29 is 9.53 Å². The molecule has 0 bridgehead atoms. The van der Waals surface area contributed by atoms with E-state index in [2.05, 4.69) is 26.2 Å². The first-order valence-corrected chi connectivity index (χ1v) is 8.45. The Balaban J connectivity index is 1.75. The number of thiazole rings is 1. The molecule has 2 aromatic carbocycles. The molecule has 1 N–H and O–H groups in total. The van der Waals surface area contributed by atoms with Gasteiger partial charge in [0, 0.05) is 16.1 Å². The number of benzene rings is 2. The molecule has 0 fully saturated rings. The molecular formula is C17H13BrN2O2S. The zero-order valence-electron chi connectivity index (χ0n) is 12.2. The van der Waals surface area contributed by atoms with E-state index >= 15 is 0 Å². The Hall–Kier alpha value is -2.18. The number of amides is 1. The number of para-hydroxylation sites is 1. The highest BCUT2D eigenvalue weighted by molar-refractivity contribution is 9.10. The summed E-state index contributed by atoms with van der Waals surface area (Å²) in [5.74, 6) is 0.475. The number of nitrogens with zero attached hydrogens (tertiary/aromatic N) is 1. The molecule has 6 heteroatoms. The predicted molar refractivity (Wildman–Crippen MR) is 98.0 cm³/mol. The van der Waals surface area contributed by atoms with Crippen LogP contribution in [0.3, 0.4) is 0 Å². The number of carbonyl (C=O) groups is 1. The molecule has 0 saturated carbocycles. The van der Waals surface area contributed by atoms with E-state index in [0.29, 0.717) is 10.9 Å². The van der Waals surface area contributed by atoms with Crippen molar-refractivity contribution in [3.05, 3.63) is 58.6 Å². The lowest BCUT2D eigenvalue weighted by molar-refractivity contribution is -0.111. The lowest BCUT2D eigenvalue weighted by Gasteiger charge is -2.04. The van der Waals surface area contributed by atoms with Crippen molar-refractivity contribution in [1.82, 2.24) is 4.98 Å². The smallest absolute Gasteiger partial charge is 0.250 e. The second-order valence-electron chi connectivity index (χ2n) is 4.70. The minimum atomic E-state index is -0.230. The fourth-order valence-corrected chi connectivity index (χ4v) is 3.32. The summed E-state index contributed by atoms with van der Waals surface area (Å²) in [5, 5.41) is 3.37. The van der Waals surface area contributed by atoms with E-state index in [0.717, 1.165) is 20.3 Å². The SMILES string of the molecule is COc1ccc(Br)cc1C=CC(=O)Nc1nc2ccccc2s1. The van der Waals surface area contributed by atoms with Gasteiger partial charge in [-0.1, -0.05) is 39.4 Å². The lowest BCUT2D eigenvalue weighted by atomic mass is 10.2. The minimum Gasteiger partial charge on any atom is -0.496 e. The third-order valence-electron chi connectivity index (χ3n) is 3.13. The second kappa shape index (κ2) is 6.93. The molecule has 0 radical (unpaired) electrons. The first kappa shape index (κ1) is 15.7. The van der Waals surface area contributed by atoms with Crippen molar-refractivity contribution in [3.63, 3.8) is 0 Å². The number of carbonyl (C=O) groups excluding carboxylic acids is 1. The summed E-state index contributed by atoms with van der Waals surface area (Å²) in [5.41, 5.74) is 1.70. The minimum absolute atomic E-state index is 0.230. The fourth-order valence-electron chi connectivity index (χ4n) is 2.07. The van der Waals surface area contributed by atoms with Crippen LogP contribution in [-0.4, -0.2) is 18.0 Å². The standard InChI is InChI=1S/C17H13BrN2O2S/c1-22-14-8-7-12(18)10-11(14)6-9-16(21)20-17-19-13-4-2-3-5-15(13)23-17/h2-10H,1H3,(H,19,20,21). The Morgan fingerprint density at radius 2 is 2.13 bits per heavy atom. The number of aromatic nitrogens is 1. The van der Waals surface area contributed by atoms with Crippen LogP contribution in [0.2, 0.25) is 0 Å². The van der Waals surface area contributed by atoms with E-state index in [-0.39, 0.29) is 5.91 Å². The highest BCUT2D eigenvalue weighted by Gasteiger charge is 2.06. The van der Waals surface area contributed by atoms with E-state index in [9.17, 15) is 4.79 Å². The molecule has 4 nitrogen and oxygen atoms in total. The number of halogens is 1. The van der Waals surface area contributed by atoms with Crippen LogP contribution < -0.4 is 10.1 Å². The summed E-state index contributed by atoms with van der Waals surface area (Å²) in [6, 6.07) is 13.4. The topological polar surface area (TPSA) is 51.2 Å². The van der Waals surface area contributed by atoms with E-state index < -0.39 is 0 Å². The van der Waals surface area contributed by atoms with Crippen LogP contribution in [0.1, 0.15) is 5.56 Å². The van der Waals surface area contributed by atoms with Crippen LogP contribution in [0.4, 0.5) is 5.13 Å². The Morgan fingerprint density at radius 1 is 1.30 bits per heavy atom. The molecule has 0 aliphatic carbocycles. The number of hydrogen-bond acceptors (Lipinski definition) is 4. The van der Waals surface area contributed by atoms with Crippen molar-refractivity contribution in [2.75, 3.05) is 12.4 Å². The van der Waals surface area contributed by atoms with Gasteiger partial charge in [0.2, 0.25) is 5.91 Å². The highest BCUT2D eigenvalue weighted by Crippen LogP contribution is 2.26. The summed E-state index contributed by atoms with van der Waals surface area (Å²) >= 11 is 4.86. The third kappa shape index (κ3) is 3.78. The predicted octanol–water partition coefficient (Wildman–Crippen LogP) is 4.72. The van der Waals surface area contributed by atoms with Gasteiger partial charge in [-0.3, -0.25) is 10.1 Å². The van der Waals surface area contributed by atoms with Crippen LogP contribution >= 0.6 is 27.3 Å². The fraction of sp³-hybridized carbons (Fsp3) is 0.0588. The van der Waals surface area contributed by atoms with E-state index in [1.807, 2.05) is 42.5 Å². The van der Waals surface area contributed by atoms with Crippen LogP contribution in [0.15, 0.2) is 53.0 Å². The molecule has 1 amide bonds. The normalized spacial score (nSPS) is 11.0. The Labute approximate surface area is 145 Å². The lowest BCUT2D eigenvalue weighted by Crippen LogP contribution is -2.07. The number of methoxy groups -OCH3 is 1. The summed E-state index contributed by atoms with van der Waals surface area (Å²) < 4.78 is 7.24. The van der Waals surface area contributed by atoms with Crippen LogP contribution in [0.5, 0.6) is 5.75 Å². The number of ether oxygens (including phenoxy) is 1. The van der Waals surface area contributed by atoms with E-state index in [4.69, 9.17) is 4.74 Å². The van der Waals surface area contributed by atoms with Gasteiger partial charge in [0.25, 0.3) is 0 Å². The number of nitrogens with one attached hydrogen (secondary N) is 1. The van der Waals surface area contributed by atoms with Gasteiger partial charge in [-0.2, -0.15) is 0 Å². The zero-order valence-corrected chi connectivity index (χ0v) is 14.6. The molecule has 116 valence electrons. The quantitative estimate of drug-likeness (QED) is 0.657. The van der Waals surface area contributed by atoms with Gasteiger partial charge >= 0.3 is 0 Å². The Morgan fingerprint density at radius 3 is 2.91 bits per heavy atom.